The number of rotatable bonds is 4. The first-order valence-corrected chi connectivity index (χ1v) is 9.66. The number of anilines is 1. The van der Waals surface area contributed by atoms with E-state index in [1.165, 1.54) is 43.2 Å². The molecule has 1 aromatic carbocycles. The van der Waals surface area contributed by atoms with Crippen molar-refractivity contribution in [2.75, 3.05) is 5.32 Å². The van der Waals surface area contributed by atoms with Crippen LogP contribution >= 0.6 is 0 Å². The third-order valence-corrected chi connectivity index (χ3v) is 5.32. The molecule has 8 nitrogen and oxygen atoms in total. The van der Waals surface area contributed by atoms with E-state index in [2.05, 4.69) is 25.5 Å². The monoisotopic (exact) mass is 440 g/mol. The largest absolute Gasteiger partial charge is 0.416 e. The maximum Gasteiger partial charge on any atom is 0.416 e. The smallest absolute Gasteiger partial charge is 0.363 e. The van der Waals surface area contributed by atoms with E-state index >= 15 is 0 Å². The number of carbonyl (C=O) groups is 1. The standard InChI is InChI=1S/C21H15F3N6O2/c22-21(23,24)13-2-3-15-12(7-13)1-4-18(15)30-10-14(8-27-30)28-20(31)19-16(11-32-29-19)17-9-25-5-6-26-17/h2-3,5-11,18H,1,4H2,(H,28,31). The number of aryl methyl sites for hydroxylation is 1. The predicted octanol–water partition coefficient (Wildman–Crippen LogP) is 4.13. The SMILES string of the molecule is O=C(Nc1cnn(C2CCc3cc(C(F)(F)F)ccc32)c1)c1nocc1-c1cnccn1. The van der Waals surface area contributed by atoms with Crippen molar-refractivity contribution in [2.45, 2.75) is 25.1 Å². The highest BCUT2D eigenvalue weighted by molar-refractivity contribution is 6.06. The Balaban J connectivity index is 1.34. The Morgan fingerprint density at radius 2 is 2.09 bits per heavy atom. The van der Waals surface area contributed by atoms with E-state index in [4.69, 9.17) is 4.52 Å². The number of hydrogen-bond acceptors (Lipinski definition) is 6. The van der Waals surface area contributed by atoms with Crippen LogP contribution in [0.2, 0.25) is 0 Å². The second-order valence-electron chi connectivity index (χ2n) is 7.30. The highest BCUT2D eigenvalue weighted by Crippen LogP contribution is 2.38. The number of amides is 1. The van der Waals surface area contributed by atoms with Gasteiger partial charge >= 0.3 is 6.18 Å². The molecular weight excluding hydrogens is 425 g/mol. The Morgan fingerprint density at radius 3 is 2.88 bits per heavy atom. The van der Waals surface area contributed by atoms with E-state index < -0.39 is 17.6 Å². The molecule has 0 saturated heterocycles. The molecule has 3 heterocycles. The van der Waals surface area contributed by atoms with E-state index in [1.54, 1.807) is 10.9 Å². The second kappa shape index (κ2) is 7.59. The van der Waals surface area contributed by atoms with Crippen LogP contribution in [0.15, 0.2) is 60.0 Å². The summed E-state index contributed by atoms with van der Waals surface area (Å²) in [4.78, 5) is 20.8. The second-order valence-corrected chi connectivity index (χ2v) is 7.30. The number of benzene rings is 1. The molecule has 1 aliphatic carbocycles. The maximum atomic E-state index is 13.0. The van der Waals surface area contributed by atoms with Gasteiger partial charge in [-0.15, -0.1) is 0 Å². The zero-order valence-corrected chi connectivity index (χ0v) is 16.4. The fourth-order valence-electron chi connectivity index (χ4n) is 3.83. The van der Waals surface area contributed by atoms with Gasteiger partial charge in [0.25, 0.3) is 5.91 Å². The third-order valence-electron chi connectivity index (χ3n) is 5.32. The van der Waals surface area contributed by atoms with Gasteiger partial charge in [0.2, 0.25) is 0 Å². The Bertz CT molecular complexity index is 1280. The number of nitrogens with one attached hydrogen (secondary N) is 1. The van der Waals surface area contributed by atoms with Crippen LogP contribution in [0.25, 0.3) is 11.3 Å². The molecule has 1 amide bonds. The van der Waals surface area contributed by atoms with Crippen molar-refractivity contribution >= 4 is 11.6 Å². The summed E-state index contributed by atoms with van der Waals surface area (Å²) in [5.41, 5.74) is 2.09. The van der Waals surface area contributed by atoms with Crippen molar-refractivity contribution in [3.63, 3.8) is 0 Å². The van der Waals surface area contributed by atoms with Crippen molar-refractivity contribution in [3.8, 4) is 11.3 Å². The molecule has 5 rings (SSSR count). The van der Waals surface area contributed by atoms with Gasteiger partial charge in [0.05, 0.1) is 40.9 Å². The summed E-state index contributed by atoms with van der Waals surface area (Å²) >= 11 is 0. The Hall–Kier alpha value is -4.02. The zero-order valence-electron chi connectivity index (χ0n) is 16.4. The zero-order chi connectivity index (χ0) is 22.3. The van der Waals surface area contributed by atoms with Gasteiger partial charge in [-0.05, 0) is 36.1 Å². The molecule has 4 aromatic rings. The molecule has 3 aromatic heterocycles. The molecule has 1 unspecified atom stereocenters. The highest BCUT2D eigenvalue weighted by atomic mass is 19.4. The third kappa shape index (κ3) is 3.61. The van der Waals surface area contributed by atoms with E-state index in [0.29, 0.717) is 35.3 Å². The number of fused-ring (bicyclic) bond motifs is 1. The lowest BCUT2D eigenvalue weighted by Gasteiger charge is -2.13. The van der Waals surface area contributed by atoms with Crippen LogP contribution in [0.1, 0.15) is 39.6 Å². The summed E-state index contributed by atoms with van der Waals surface area (Å²) in [7, 11) is 0. The normalized spacial score (nSPS) is 15.5. The van der Waals surface area contributed by atoms with Crippen molar-refractivity contribution in [3.05, 3.63) is 77.8 Å². The number of aromatic nitrogens is 5. The minimum absolute atomic E-state index is 0.0455. The lowest BCUT2D eigenvalue weighted by Crippen LogP contribution is -2.13. The minimum Gasteiger partial charge on any atom is -0.363 e. The number of alkyl halides is 3. The van der Waals surface area contributed by atoms with Crippen LogP contribution in [0, 0.1) is 0 Å². The van der Waals surface area contributed by atoms with Crippen LogP contribution in [-0.2, 0) is 12.6 Å². The van der Waals surface area contributed by atoms with E-state index in [-0.39, 0.29) is 11.7 Å². The molecule has 0 bridgehead atoms. The Labute approximate surface area is 179 Å². The number of halogens is 3. The summed E-state index contributed by atoms with van der Waals surface area (Å²) in [6.45, 7) is 0. The van der Waals surface area contributed by atoms with Gasteiger partial charge in [0.15, 0.2) is 5.69 Å². The molecule has 11 heteroatoms. The first kappa shape index (κ1) is 19.9. The van der Waals surface area contributed by atoms with E-state index in [0.717, 1.165) is 11.6 Å². The Kier molecular flexibility index (Phi) is 4.72. The first-order chi connectivity index (χ1) is 15.4. The van der Waals surface area contributed by atoms with E-state index in [9.17, 15) is 18.0 Å². The topological polar surface area (TPSA) is 98.7 Å². The number of hydrogen-bond donors (Lipinski definition) is 1. The van der Waals surface area contributed by atoms with Crippen molar-refractivity contribution in [1.82, 2.24) is 24.9 Å². The van der Waals surface area contributed by atoms with E-state index in [1.807, 2.05) is 0 Å². The number of nitrogens with zero attached hydrogens (tertiary/aromatic N) is 5. The first-order valence-electron chi connectivity index (χ1n) is 9.66. The molecule has 0 spiro atoms. The van der Waals surface area contributed by atoms with Crippen LogP contribution in [0.5, 0.6) is 0 Å². The van der Waals surface area contributed by atoms with Crippen molar-refractivity contribution in [1.29, 1.82) is 0 Å². The molecule has 0 aliphatic heterocycles. The van der Waals surface area contributed by atoms with Gasteiger partial charge in [-0.3, -0.25) is 19.4 Å². The van der Waals surface area contributed by atoms with Crippen LogP contribution in [0.4, 0.5) is 18.9 Å². The molecule has 0 radical (unpaired) electrons. The average molecular weight is 440 g/mol. The average Bonchev–Trinajstić information content (AvgIpc) is 3.52. The lowest BCUT2D eigenvalue weighted by molar-refractivity contribution is -0.137. The molecule has 1 aliphatic rings. The molecule has 0 fully saturated rings. The van der Waals surface area contributed by atoms with Gasteiger partial charge in [-0.1, -0.05) is 11.2 Å². The fourth-order valence-corrected chi connectivity index (χ4v) is 3.83. The van der Waals surface area contributed by atoms with Crippen LogP contribution < -0.4 is 5.32 Å². The molecular formula is C21H15F3N6O2. The molecule has 32 heavy (non-hydrogen) atoms. The lowest BCUT2D eigenvalue weighted by atomic mass is 10.0. The van der Waals surface area contributed by atoms with Gasteiger partial charge in [0, 0.05) is 18.6 Å². The summed E-state index contributed by atoms with van der Waals surface area (Å²) in [6.07, 6.45) is 5.68. The summed E-state index contributed by atoms with van der Waals surface area (Å²) in [5, 5.41) is 10.8. The molecule has 1 N–H and O–H groups in total. The minimum atomic E-state index is -4.37. The summed E-state index contributed by atoms with van der Waals surface area (Å²) in [6, 6.07) is 3.57. The van der Waals surface area contributed by atoms with Crippen LogP contribution in [0.3, 0.4) is 0 Å². The summed E-state index contributed by atoms with van der Waals surface area (Å²) in [5.74, 6) is -0.513. The quantitative estimate of drug-likeness (QED) is 0.512. The maximum absolute atomic E-state index is 13.0. The molecule has 1 atom stereocenters. The van der Waals surface area contributed by atoms with Gasteiger partial charge in [-0.25, -0.2) is 0 Å². The molecule has 162 valence electrons. The van der Waals surface area contributed by atoms with Crippen molar-refractivity contribution in [2.24, 2.45) is 0 Å². The van der Waals surface area contributed by atoms with Gasteiger partial charge in [0.1, 0.15) is 6.26 Å². The van der Waals surface area contributed by atoms with Gasteiger partial charge in [-0.2, -0.15) is 18.3 Å². The Morgan fingerprint density at radius 1 is 1.22 bits per heavy atom. The van der Waals surface area contributed by atoms with Crippen molar-refractivity contribution < 1.29 is 22.5 Å². The number of carbonyl (C=O) groups excluding carboxylic acids is 1. The summed E-state index contributed by atoms with van der Waals surface area (Å²) < 4.78 is 45.5. The fraction of sp³-hybridized carbons (Fsp3) is 0.190. The van der Waals surface area contributed by atoms with Gasteiger partial charge < -0.3 is 9.84 Å². The highest BCUT2D eigenvalue weighted by Gasteiger charge is 2.33. The van der Waals surface area contributed by atoms with Crippen LogP contribution in [-0.4, -0.2) is 30.8 Å². The predicted molar refractivity (Wildman–Crippen MR) is 106 cm³/mol. The molecule has 0 saturated carbocycles.